The van der Waals surface area contributed by atoms with E-state index in [1.165, 1.54) is 53.9 Å². The molecule has 0 aliphatic rings. The minimum atomic E-state index is -0.828. The monoisotopic (exact) mass is 417 g/mol. The van der Waals surface area contributed by atoms with E-state index in [1.54, 1.807) is 7.05 Å². The summed E-state index contributed by atoms with van der Waals surface area (Å²) in [5.74, 6) is -1.73. The lowest BCUT2D eigenvalue weighted by Gasteiger charge is -2.18. The number of amides is 1. The van der Waals surface area contributed by atoms with Gasteiger partial charge in [-0.2, -0.15) is 0 Å². The zero-order valence-electron chi connectivity index (χ0n) is 16.6. The number of imidazole rings is 1. The first kappa shape index (κ1) is 21.0. The maximum atomic E-state index is 13.2. The first-order valence-corrected chi connectivity index (χ1v) is 8.95. The number of nitrogens with zero attached hydrogens (tertiary/aromatic N) is 4. The van der Waals surface area contributed by atoms with Crippen molar-refractivity contribution < 1.29 is 18.7 Å². The van der Waals surface area contributed by atoms with Crippen molar-refractivity contribution in [2.45, 2.75) is 19.0 Å². The fourth-order valence-corrected chi connectivity index (χ4v) is 3.12. The number of benzene rings is 1. The second kappa shape index (κ2) is 8.31. The molecule has 1 unspecified atom stereocenters. The molecule has 1 aromatic carbocycles. The van der Waals surface area contributed by atoms with Gasteiger partial charge in [0, 0.05) is 14.1 Å². The summed E-state index contributed by atoms with van der Waals surface area (Å²) in [5, 5.41) is 2.60. The van der Waals surface area contributed by atoms with Crippen LogP contribution in [0.5, 0.6) is 0 Å². The highest BCUT2D eigenvalue weighted by Crippen LogP contribution is 2.18. The summed E-state index contributed by atoms with van der Waals surface area (Å²) < 4.78 is 21.3. The molecule has 0 aliphatic heterocycles. The predicted molar refractivity (Wildman–Crippen MR) is 104 cm³/mol. The molecule has 2 aromatic heterocycles. The van der Waals surface area contributed by atoms with E-state index >= 15 is 0 Å². The summed E-state index contributed by atoms with van der Waals surface area (Å²) in [6, 6.07) is 4.42. The van der Waals surface area contributed by atoms with E-state index in [1.807, 2.05) is 0 Å². The molecule has 0 fully saturated rings. The number of hydrogen-bond donors (Lipinski definition) is 1. The predicted octanol–water partition coefficient (Wildman–Crippen LogP) is -0.00660. The number of carbonyl (C=O) groups excluding carboxylic acids is 2. The SMILES string of the molecule is COC(=O)CC(NC(=O)Cn1c(=O)c2c(ncn2C)n(C)c1=O)c1ccc(F)cc1. The normalized spacial score (nSPS) is 12.0. The quantitative estimate of drug-likeness (QED) is 0.564. The Kier molecular flexibility index (Phi) is 5.81. The van der Waals surface area contributed by atoms with E-state index in [9.17, 15) is 23.6 Å². The molecular formula is C19H20FN5O5. The molecule has 158 valence electrons. The summed E-state index contributed by atoms with van der Waals surface area (Å²) in [5.41, 5.74) is -0.506. The highest BCUT2D eigenvalue weighted by Gasteiger charge is 2.21. The summed E-state index contributed by atoms with van der Waals surface area (Å²) in [6.07, 6.45) is 1.19. The summed E-state index contributed by atoms with van der Waals surface area (Å²) >= 11 is 0. The van der Waals surface area contributed by atoms with Gasteiger partial charge in [-0.1, -0.05) is 12.1 Å². The number of nitrogens with one attached hydrogen (secondary N) is 1. The molecule has 2 heterocycles. The number of esters is 1. The standard InChI is InChI=1S/C19H20FN5O5/c1-23-10-21-17-16(23)18(28)25(19(29)24(17)2)9-14(26)22-13(8-15(27)30-3)11-4-6-12(20)7-5-11/h4-7,10,13H,8-9H2,1-3H3,(H,22,26). The Balaban J connectivity index is 1.91. The molecule has 1 amide bonds. The van der Waals surface area contributed by atoms with Gasteiger partial charge in [-0.15, -0.1) is 0 Å². The molecule has 0 aliphatic carbocycles. The highest BCUT2D eigenvalue weighted by molar-refractivity contribution is 5.78. The Morgan fingerprint density at radius 1 is 1.20 bits per heavy atom. The van der Waals surface area contributed by atoms with Crippen molar-refractivity contribution in [1.82, 2.24) is 24.0 Å². The lowest BCUT2D eigenvalue weighted by atomic mass is 10.0. The first-order valence-electron chi connectivity index (χ1n) is 8.95. The van der Waals surface area contributed by atoms with Crippen LogP contribution in [0.1, 0.15) is 18.0 Å². The Morgan fingerprint density at radius 3 is 2.50 bits per heavy atom. The second-order valence-electron chi connectivity index (χ2n) is 6.71. The van der Waals surface area contributed by atoms with Crippen molar-refractivity contribution >= 4 is 23.0 Å². The van der Waals surface area contributed by atoms with Crippen molar-refractivity contribution in [1.29, 1.82) is 0 Å². The highest BCUT2D eigenvalue weighted by atomic mass is 19.1. The zero-order valence-corrected chi connectivity index (χ0v) is 16.6. The molecule has 3 aromatic rings. The van der Waals surface area contributed by atoms with Crippen molar-refractivity contribution in [3.8, 4) is 0 Å². The summed E-state index contributed by atoms with van der Waals surface area (Å²) in [4.78, 5) is 53.7. The molecule has 0 bridgehead atoms. The molecule has 0 saturated heterocycles. The first-order chi connectivity index (χ1) is 14.2. The molecule has 1 atom stereocenters. The zero-order chi connectivity index (χ0) is 22.0. The molecule has 1 N–H and O–H groups in total. The van der Waals surface area contributed by atoms with Crippen molar-refractivity contribution in [3.63, 3.8) is 0 Å². The molecule has 10 nitrogen and oxygen atoms in total. The third-order valence-corrected chi connectivity index (χ3v) is 4.71. The molecular weight excluding hydrogens is 397 g/mol. The Morgan fingerprint density at radius 2 is 1.87 bits per heavy atom. The molecule has 0 saturated carbocycles. The van der Waals surface area contributed by atoms with E-state index in [0.29, 0.717) is 5.56 Å². The van der Waals surface area contributed by atoms with Gasteiger partial charge in [0.15, 0.2) is 11.2 Å². The van der Waals surface area contributed by atoms with Crippen LogP contribution in [0.3, 0.4) is 0 Å². The van der Waals surface area contributed by atoms with Gasteiger partial charge in [-0.3, -0.25) is 19.0 Å². The Hall–Kier alpha value is -3.76. The summed E-state index contributed by atoms with van der Waals surface area (Å²) in [7, 11) is 4.26. The average molecular weight is 417 g/mol. The van der Waals surface area contributed by atoms with Crippen LogP contribution in [0.15, 0.2) is 40.2 Å². The van der Waals surface area contributed by atoms with Gasteiger partial charge >= 0.3 is 11.7 Å². The van der Waals surface area contributed by atoms with Gasteiger partial charge in [0.1, 0.15) is 12.4 Å². The lowest BCUT2D eigenvalue weighted by Crippen LogP contribution is -2.44. The molecule has 30 heavy (non-hydrogen) atoms. The van der Waals surface area contributed by atoms with Crippen LogP contribution in [0.25, 0.3) is 11.2 Å². The van der Waals surface area contributed by atoms with Crippen LogP contribution < -0.4 is 16.6 Å². The van der Waals surface area contributed by atoms with Crippen LogP contribution in [0.2, 0.25) is 0 Å². The Bertz CT molecular complexity index is 1230. The van der Waals surface area contributed by atoms with Gasteiger partial charge in [-0.05, 0) is 17.7 Å². The molecule has 11 heteroatoms. The van der Waals surface area contributed by atoms with Crippen LogP contribution in [0, 0.1) is 5.82 Å². The lowest BCUT2D eigenvalue weighted by molar-refractivity contribution is -0.141. The summed E-state index contributed by atoms with van der Waals surface area (Å²) in [6.45, 7) is -0.564. The molecule has 3 rings (SSSR count). The smallest absolute Gasteiger partial charge is 0.332 e. The third kappa shape index (κ3) is 4.00. The van der Waals surface area contributed by atoms with E-state index in [0.717, 1.165) is 4.57 Å². The number of ether oxygens (including phenoxy) is 1. The van der Waals surface area contributed by atoms with Crippen LogP contribution in [-0.2, 0) is 35.0 Å². The Labute approximate surface area is 169 Å². The van der Waals surface area contributed by atoms with Gasteiger partial charge in [0.25, 0.3) is 5.56 Å². The van der Waals surface area contributed by atoms with Gasteiger partial charge in [0.05, 0.1) is 25.9 Å². The van der Waals surface area contributed by atoms with Crippen LogP contribution in [-0.4, -0.2) is 37.7 Å². The van der Waals surface area contributed by atoms with Crippen LogP contribution >= 0.6 is 0 Å². The van der Waals surface area contributed by atoms with Crippen molar-refractivity contribution in [2.75, 3.05) is 7.11 Å². The van der Waals surface area contributed by atoms with E-state index in [-0.39, 0.29) is 17.6 Å². The van der Waals surface area contributed by atoms with E-state index in [4.69, 9.17) is 0 Å². The molecule has 0 radical (unpaired) electrons. The van der Waals surface area contributed by atoms with E-state index < -0.39 is 41.5 Å². The van der Waals surface area contributed by atoms with Gasteiger partial charge < -0.3 is 14.6 Å². The van der Waals surface area contributed by atoms with Gasteiger partial charge in [-0.25, -0.2) is 18.7 Å². The number of aryl methyl sites for hydroxylation is 2. The number of rotatable bonds is 6. The largest absolute Gasteiger partial charge is 0.469 e. The number of aromatic nitrogens is 4. The number of fused-ring (bicyclic) bond motifs is 1. The topological polar surface area (TPSA) is 117 Å². The van der Waals surface area contributed by atoms with Crippen LogP contribution in [0.4, 0.5) is 4.39 Å². The number of halogens is 1. The van der Waals surface area contributed by atoms with E-state index in [2.05, 4.69) is 15.0 Å². The molecule has 0 spiro atoms. The van der Waals surface area contributed by atoms with Crippen molar-refractivity contribution in [2.24, 2.45) is 14.1 Å². The fraction of sp³-hybridized carbons (Fsp3) is 0.316. The maximum Gasteiger partial charge on any atom is 0.332 e. The minimum Gasteiger partial charge on any atom is -0.469 e. The number of hydrogen-bond acceptors (Lipinski definition) is 6. The third-order valence-electron chi connectivity index (χ3n) is 4.71. The number of methoxy groups -OCH3 is 1. The number of carbonyl (C=O) groups is 2. The maximum absolute atomic E-state index is 13.2. The minimum absolute atomic E-state index is 0.176. The van der Waals surface area contributed by atoms with Crippen molar-refractivity contribution in [3.05, 3.63) is 62.8 Å². The van der Waals surface area contributed by atoms with Gasteiger partial charge in [0.2, 0.25) is 5.91 Å². The average Bonchev–Trinajstić information content (AvgIpc) is 3.11. The fourth-order valence-electron chi connectivity index (χ4n) is 3.12. The second-order valence-corrected chi connectivity index (χ2v) is 6.71.